The zero-order valence-corrected chi connectivity index (χ0v) is 9.33. The molecule has 0 aliphatic heterocycles. The average Bonchev–Trinajstić information content (AvgIpc) is 2.80. The summed E-state index contributed by atoms with van der Waals surface area (Å²) < 4.78 is 0. The molecule has 2 bridgehead atoms. The van der Waals surface area contributed by atoms with Crippen LogP contribution in [0.2, 0.25) is 0 Å². The van der Waals surface area contributed by atoms with Gasteiger partial charge in [0.1, 0.15) is 0 Å². The minimum atomic E-state index is 0.383. The van der Waals surface area contributed by atoms with Crippen LogP contribution in [0.15, 0.2) is 0 Å². The van der Waals surface area contributed by atoms with Gasteiger partial charge >= 0.3 is 0 Å². The first-order valence-electron chi connectivity index (χ1n) is 6.05. The lowest BCUT2D eigenvalue weighted by Crippen LogP contribution is -2.37. The zero-order valence-electron chi connectivity index (χ0n) is 9.33. The summed E-state index contributed by atoms with van der Waals surface area (Å²) in [6.07, 6.45) is 5.20. The Labute approximate surface area is 86.7 Å². The van der Waals surface area contributed by atoms with E-state index in [1.165, 1.54) is 25.7 Å². The molecule has 2 heteroatoms. The van der Waals surface area contributed by atoms with E-state index in [0.29, 0.717) is 11.8 Å². The minimum Gasteiger partial charge on any atom is -0.343 e. The molecule has 3 atom stereocenters. The molecule has 80 valence electrons. The molecule has 2 aliphatic rings. The highest BCUT2D eigenvalue weighted by Crippen LogP contribution is 2.48. The highest BCUT2D eigenvalue weighted by Gasteiger charge is 2.43. The molecule has 2 rings (SSSR count). The van der Waals surface area contributed by atoms with Gasteiger partial charge in [0, 0.05) is 19.0 Å². The summed E-state index contributed by atoms with van der Waals surface area (Å²) in [7, 11) is 0. The number of carbonyl (C=O) groups is 1. The zero-order chi connectivity index (χ0) is 10.1. The quantitative estimate of drug-likeness (QED) is 0.676. The maximum atomic E-state index is 12.1. The van der Waals surface area contributed by atoms with Gasteiger partial charge in [0.05, 0.1) is 0 Å². The van der Waals surface area contributed by atoms with Crippen molar-refractivity contribution in [3.63, 3.8) is 0 Å². The molecule has 0 aromatic rings. The van der Waals surface area contributed by atoms with Gasteiger partial charge in [0.2, 0.25) is 5.91 Å². The van der Waals surface area contributed by atoms with Crippen LogP contribution in [0.5, 0.6) is 0 Å². The molecule has 0 radical (unpaired) electrons. The van der Waals surface area contributed by atoms with Crippen molar-refractivity contribution >= 4 is 5.91 Å². The van der Waals surface area contributed by atoms with Crippen LogP contribution in [-0.4, -0.2) is 23.9 Å². The molecule has 0 aromatic carbocycles. The van der Waals surface area contributed by atoms with Crippen molar-refractivity contribution in [1.29, 1.82) is 0 Å². The fourth-order valence-electron chi connectivity index (χ4n) is 3.32. The van der Waals surface area contributed by atoms with E-state index < -0.39 is 0 Å². The fourth-order valence-corrected chi connectivity index (χ4v) is 3.32. The standard InChI is InChI=1S/C12H21NO/c1-3-13(4-2)12(14)11-8-9-5-6-10(11)7-9/h9-11H,3-8H2,1-2H3. The largest absolute Gasteiger partial charge is 0.343 e. The number of rotatable bonds is 3. The highest BCUT2D eigenvalue weighted by molar-refractivity contribution is 5.79. The summed E-state index contributed by atoms with van der Waals surface area (Å²) in [5.41, 5.74) is 0. The Morgan fingerprint density at radius 2 is 1.93 bits per heavy atom. The molecule has 1 amide bonds. The molecule has 2 nitrogen and oxygen atoms in total. The predicted octanol–water partition coefficient (Wildman–Crippen LogP) is 2.29. The molecule has 0 aromatic heterocycles. The molecule has 2 saturated carbocycles. The number of amides is 1. The number of nitrogens with zero attached hydrogens (tertiary/aromatic N) is 1. The van der Waals surface area contributed by atoms with E-state index in [2.05, 4.69) is 13.8 Å². The van der Waals surface area contributed by atoms with Crippen molar-refractivity contribution < 1.29 is 4.79 Å². The monoisotopic (exact) mass is 195 g/mol. The first kappa shape index (κ1) is 10.0. The number of hydrogen-bond donors (Lipinski definition) is 0. The van der Waals surface area contributed by atoms with E-state index in [0.717, 1.165) is 24.9 Å². The lowest BCUT2D eigenvalue weighted by atomic mass is 9.88. The Bertz CT molecular complexity index is 222. The Kier molecular flexibility index (Phi) is 2.80. The first-order valence-corrected chi connectivity index (χ1v) is 6.05. The average molecular weight is 195 g/mol. The van der Waals surface area contributed by atoms with Gasteiger partial charge in [-0.25, -0.2) is 0 Å². The van der Waals surface area contributed by atoms with E-state index in [1.807, 2.05) is 4.90 Å². The van der Waals surface area contributed by atoms with Crippen molar-refractivity contribution in [3.8, 4) is 0 Å². The van der Waals surface area contributed by atoms with Crippen molar-refractivity contribution in [3.05, 3.63) is 0 Å². The molecular weight excluding hydrogens is 174 g/mol. The number of carbonyl (C=O) groups excluding carboxylic acids is 1. The molecule has 2 aliphatic carbocycles. The van der Waals surface area contributed by atoms with Crippen molar-refractivity contribution in [2.45, 2.75) is 39.5 Å². The summed E-state index contributed by atoms with van der Waals surface area (Å²) >= 11 is 0. The second kappa shape index (κ2) is 3.92. The van der Waals surface area contributed by atoms with E-state index in [4.69, 9.17) is 0 Å². The molecule has 2 fully saturated rings. The highest BCUT2D eigenvalue weighted by atomic mass is 16.2. The van der Waals surface area contributed by atoms with Crippen molar-refractivity contribution in [1.82, 2.24) is 4.90 Å². The van der Waals surface area contributed by atoms with Gasteiger partial charge in [-0.05, 0) is 44.9 Å². The van der Waals surface area contributed by atoms with E-state index in [9.17, 15) is 4.79 Å². The smallest absolute Gasteiger partial charge is 0.225 e. The molecule has 0 spiro atoms. The van der Waals surface area contributed by atoms with Gasteiger partial charge in [-0.1, -0.05) is 6.42 Å². The predicted molar refractivity (Wildman–Crippen MR) is 56.9 cm³/mol. The van der Waals surface area contributed by atoms with Gasteiger partial charge < -0.3 is 4.90 Å². The van der Waals surface area contributed by atoms with Crippen molar-refractivity contribution in [2.75, 3.05) is 13.1 Å². The summed E-state index contributed by atoms with van der Waals surface area (Å²) in [6, 6.07) is 0. The molecular formula is C12H21NO. The second-order valence-electron chi connectivity index (χ2n) is 4.79. The first-order chi connectivity index (χ1) is 6.76. The van der Waals surface area contributed by atoms with Gasteiger partial charge in [-0.15, -0.1) is 0 Å². The summed E-state index contributed by atoms with van der Waals surface area (Å²) in [5.74, 6) is 2.42. The van der Waals surface area contributed by atoms with Gasteiger partial charge in [0.25, 0.3) is 0 Å². The number of hydrogen-bond acceptors (Lipinski definition) is 1. The molecule has 14 heavy (non-hydrogen) atoms. The molecule has 0 heterocycles. The maximum absolute atomic E-state index is 12.1. The van der Waals surface area contributed by atoms with E-state index in [1.54, 1.807) is 0 Å². The number of fused-ring (bicyclic) bond motifs is 2. The summed E-state index contributed by atoms with van der Waals surface area (Å²) in [6.45, 7) is 5.91. The Morgan fingerprint density at radius 3 is 2.36 bits per heavy atom. The lowest BCUT2D eigenvalue weighted by molar-refractivity contribution is -0.136. The minimum absolute atomic E-state index is 0.383. The molecule has 0 saturated heterocycles. The Hall–Kier alpha value is -0.530. The van der Waals surface area contributed by atoms with E-state index in [-0.39, 0.29) is 0 Å². The van der Waals surface area contributed by atoms with Crippen LogP contribution in [0.4, 0.5) is 0 Å². The van der Waals surface area contributed by atoms with Crippen LogP contribution in [0.1, 0.15) is 39.5 Å². The Morgan fingerprint density at radius 1 is 1.21 bits per heavy atom. The third-order valence-electron chi connectivity index (χ3n) is 4.13. The van der Waals surface area contributed by atoms with Gasteiger partial charge in [-0.2, -0.15) is 0 Å². The fraction of sp³-hybridized carbons (Fsp3) is 0.917. The van der Waals surface area contributed by atoms with Crippen LogP contribution in [-0.2, 0) is 4.79 Å². The third-order valence-corrected chi connectivity index (χ3v) is 4.13. The Balaban J connectivity index is 1.98. The van der Waals surface area contributed by atoms with Crippen LogP contribution >= 0.6 is 0 Å². The third kappa shape index (κ3) is 1.55. The van der Waals surface area contributed by atoms with Gasteiger partial charge in [-0.3, -0.25) is 4.79 Å². The molecule has 3 unspecified atom stereocenters. The summed E-state index contributed by atoms with van der Waals surface area (Å²) in [5, 5.41) is 0. The van der Waals surface area contributed by atoms with Crippen LogP contribution in [0.3, 0.4) is 0 Å². The van der Waals surface area contributed by atoms with Crippen molar-refractivity contribution in [2.24, 2.45) is 17.8 Å². The SMILES string of the molecule is CCN(CC)C(=O)C1CC2CCC1C2. The lowest BCUT2D eigenvalue weighted by Gasteiger charge is -2.27. The van der Waals surface area contributed by atoms with Gasteiger partial charge in [0.15, 0.2) is 0 Å². The topological polar surface area (TPSA) is 20.3 Å². The van der Waals surface area contributed by atoms with Crippen LogP contribution in [0.25, 0.3) is 0 Å². The molecule has 0 N–H and O–H groups in total. The second-order valence-corrected chi connectivity index (χ2v) is 4.79. The summed E-state index contributed by atoms with van der Waals surface area (Å²) in [4.78, 5) is 14.1. The van der Waals surface area contributed by atoms with Crippen LogP contribution in [0, 0.1) is 17.8 Å². The van der Waals surface area contributed by atoms with Crippen LogP contribution < -0.4 is 0 Å². The van der Waals surface area contributed by atoms with E-state index >= 15 is 0 Å². The normalized spacial score (nSPS) is 34.9. The maximum Gasteiger partial charge on any atom is 0.225 e.